The molecule has 1 heterocycles. The molecule has 0 bridgehead atoms. The van der Waals surface area contributed by atoms with E-state index in [1.165, 1.54) is 11.3 Å². The Morgan fingerprint density at radius 1 is 1.50 bits per heavy atom. The summed E-state index contributed by atoms with van der Waals surface area (Å²) >= 11 is 7.38. The number of benzene rings is 1. The molecule has 94 valence electrons. The number of rotatable bonds is 4. The molecular weight excluding hydrogens is 270 g/mol. The van der Waals surface area contributed by atoms with Gasteiger partial charge >= 0.3 is 5.97 Å². The third kappa shape index (κ3) is 3.31. The van der Waals surface area contributed by atoms with Crippen LogP contribution < -0.4 is 0 Å². The quantitative estimate of drug-likeness (QED) is 0.935. The molecule has 0 unspecified atom stereocenters. The lowest BCUT2D eigenvalue weighted by Gasteiger charge is -1.98. The smallest absolute Gasteiger partial charge is 0.308 e. The third-order valence-corrected chi connectivity index (χ3v) is 3.89. The van der Waals surface area contributed by atoms with Crippen LogP contribution in [0, 0.1) is 6.92 Å². The first kappa shape index (κ1) is 13.1. The number of aliphatic carboxylic acids is 1. The second kappa shape index (κ2) is 5.50. The van der Waals surface area contributed by atoms with Gasteiger partial charge in [0.1, 0.15) is 0 Å². The van der Waals surface area contributed by atoms with Crippen molar-refractivity contribution >= 4 is 28.9 Å². The van der Waals surface area contributed by atoms with Gasteiger partial charge in [-0.2, -0.15) is 0 Å². The molecule has 0 atom stereocenters. The average Bonchev–Trinajstić information content (AvgIpc) is 2.58. The summed E-state index contributed by atoms with van der Waals surface area (Å²) in [4.78, 5) is 15.9. The largest absolute Gasteiger partial charge is 0.481 e. The van der Waals surface area contributed by atoms with Gasteiger partial charge in [0.15, 0.2) is 0 Å². The number of thiazole rings is 1. The number of nitrogens with zero attached hydrogens (tertiary/aromatic N) is 1. The summed E-state index contributed by atoms with van der Waals surface area (Å²) in [6, 6.07) is 7.61. The lowest BCUT2D eigenvalue weighted by Crippen LogP contribution is -1.99. The van der Waals surface area contributed by atoms with Crippen LogP contribution in [0.4, 0.5) is 0 Å². The molecule has 0 amide bonds. The molecule has 0 fully saturated rings. The number of carboxylic acid groups (broad SMARTS) is 1. The first-order valence-corrected chi connectivity index (χ1v) is 6.65. The van der Waals surface area contributed by atoms with E-state index in [9.17, 15) is 4.79 Å². The molecule has 0 saturated carbocycles. The Bertz CT molecular complexity index is 580. The molecule has 1 aromatic heterocycles. The summed E-state index contributed by atoms with van der Waals surface area (Å²) in [5.74, 6) is -0.823. The fourth-order valence-electron chi connectivity index (χ4n) is 1.69. The van der Waals surface area contributed by atoms with Gasteiger partial charge in [-0.25, -0.2) is 4.98 Å². The molecule has 2 rings (SSSR count). The van der Waals surface area contributed by atoms with Crippen molar-refractivity contribution < 1.29 is 9.90 Å². The molecule has 2 aromatic rings. The third-order valence-electron chi connectivity index (χ3n) is 2.49. The Morgan fingerprint density at radius 2 is 2.28 bits per heavy atom. The molecule has 1 aromatic carbocycles. The molecule has 3 nitrogen and oxygen atoms in total. The van der Waals surface area contributed by atoms with Crippen molar-refractivity contribution in [1.29, 1.82) is 0 Å². The number of aromatic nitrogens is 1. The van der Waals surface area contributed by atoms with Crippen LogP contribution in [0.2, 0.25) is 5.02 Å². The predicted molar refractivity (Wildman–Crippen MR) is 72.4 cm³/mol. The summed E-state index contributed by atoms with van der Waals surface area (Å²) in [5.41, 5.74) is 1.89. The highest BCUT2D eigenvalue weighted by Crippen LogP contribution is 2.22. The lowest BCUT2D eigenvalue weighted by molar-refractivity contribution is -0.136. The zero-order valence-electron chi connectivity index (χ0n) is 9.81. The summed E-state index contributed by atoms with van der Waals surface area (Å²) in [5, 5.41) is 10.4. The summed E-state index contributed by atoms with van der Waals surface area (Å²) in [6.45, 7) is 1.84. The van der Waals surface area contributed by atoms with E-state index in [0.717, 1.165) is 21.1 Å². The van der Waals surface area contributed by atoms with E-state index in [1.807, 2.05) is 31.2 Å². The van der Waals surface area contributed by atoms with Crippen LogP contribution in [0.1, 0.15) is 21.1 Å². The standard InChI is InChI=1S/C13H12ClNO2S/c1-8-11(7-13(16)17)18-12(15-8)6-9-3-2-4-10(14)5-9/h2-5H,6-7H2,1H3,(H,16,17). The number of carbonyl (C=O) groups is 1. The van der Waals surface area contributed by atoms with E-state index in [2.05, 4.69) is 4.98 Å². The van der Waals surface area contributed by atoms with Crippen LogP contribution >= 0.6 is 22.9 Å². The van der Waals surface area contributed by atoms with E-state index in [4.69, 9.17) is 16.7 Å². The number of hydrogen-bond acceptors (Lipinski definition) is 3. The minimum Gasteiger partial charge on any atom is -0.481 e. The molecule has 0 aliphatic heterocycles. The fourth-order valence-corrected chi connectivity index (χ4v) is 2.99. The van der Waals surface area contributed by atoms with Crippen molar-refractivity contribution in [2.75, 3.05) is 0 Å². The summed E-state index contributed by atoms with van der Waals surface area (Å²) < 4.78 is 0. The topological polar surface area (TPSA) is 50.2 Å². The average molecular weight is 282 g/mol. The van der Waals surface area contributed by atoms with Gasteiger partial charge < -0.3 is 5.11 Å². The minimum atomic E-state index is -0.823. The number of hydrogen-bond donors (Lipinski definition) is 1. The zero-order chi connectivity index (χ0) is 13.1. The van der Waals surface area contributed by atoms with Crippen molar-refractivity contribution in [3.63, 3.8) is 0 Å². The molecule has 5 heteroatoms. The fraction of sp³-hybridized carbons (Fsp3) is 0.231. The number of carboxylic acids is 1. The Morgan fingerprint density at radius 3 is 2.94 bits per heavy atom. The Hall–Kier alpha value is -1.39. The number of aryl methyl sites for hydroxylation is 1. The maximum atomic E-state index is 10.7. The molecule has 18 heavy (non-hydrogen) atoms. The number of halogens is 1. The van der Waals surface area contributed by atoms with E-state index in [0.29, 0.717) is 11.4 Å². The molecule has 0 saturated heterocycles. The van der Waals surface area contributed by atoms with Gasteiger partial charge in [-0.15, -0.1) is 11.3 Å². The second-order valence-corrected chi connectivity index (χ2v) is 5.60. The van der Waals surface area contributed by atoms with Gasteiger partial charge in [-0.05, 0) is 24.6 Å². The van der Waals surface area contributed by atoms with Crippen LogP contribution in [0.15, 0.2) is 24.3 Å². The molecule has 1 N–H and O–H groups in total. The highest BCUT2D eigenvalue weighted by atomic mass is 35.5. The highest BCUT2D eigenvalue weighted by Gasteiger charge is 2.11. The maximum absolute atomic E-state index is 10.7. The van der Waals surface area contributed by atoms with Crippen LogP contribution in [-0.4, -0.2) is 16.1 Å². The van der Waals surface area contributed by atoms with Gasteiger partial charge in [0.2, 0.25) is 0 Å². The first-order valence-electron chi connectivity index (χ1n) is 5.46. The van der Waals surface area contributed by atoms with Crippen molar-refractivity contribution in [1.82, 2.24) is 4.98 Å². The normalized spacial score (nSPS) is 10.6. The minimum absolute atomic E-state index is 0.0407. The Kier molecular flexibility index (Phi) is 3.99. The highest BCUT2D eigenvalue weighted by molar-refractivity contribution is 7.11. The van der Waals surface area contributed by atoms with Crippen LogP contribution in [-0.2, 0) is 17.6 Å². The van der Waals surface area contributed by atoms with E-state index in [1.54, 1.807) is 0 Å². The van der Waals surface area contributed by atoms with Gasteiger partial charge in [-0.3, -0.25) is 4.79 Å². The zero-order valence-corrected chi connectivity index (χ0v) is 11.4. The van der Waals surface area contributed by atoms with Gasteiger partial charge in [0, 0.05) is 16.3 Å². The Labute approximate surface area is 114 Å². The van der Waals surface area contributed by atoms with Crippen molar-refractivity contribution in [2.24, 2.45) is 0 Å². The van der Waals surface area contributed by atoms with Gasteiger partial charge in [0.05, 0.1) is 17.1 Å². The van der Waals surface area contributed by atoms with Crippen molar-refractivity contribution in [3.8, 4) is 0 Å². The molecular formula is C13H12ClNO2S. The maximum Gasteiger partial charge on any atom is 0.308 e. The van der Waals surface area contributed by atoms with Gasteiger partial charge in [-0.1, -0.05) is 23.7 Å². The summed E-state index contributed by atoms with van der Waals surface area (Å²) in [7, 11) is 0. The monoisotopic (exact) mass is 281 g/mol. The van der Waals surface area contributed by atoms with Crippen molar-refractivity contribution in [3.05, 3.63) is 50.4 Å². The van der Waals surface area contributed by atoms with Crippen LogP contribution in [0.5, 0.6) is 0 Å². The Balaban J connectivity index is 2.17. The predicted octanol–water partition coefficient (Wildman–Crippen LogP) is 3.32. The molecule has 0 aliphatic carbocycles. The summed E-state index contributed by atoms with van der Waals surface area (Å²) in [6.07, 6.45) is 0.727. The van der Waals surface area contributed by atoms with E-state index in [-0.39, 0.29) is 6.42 Å². The molecule has 0 radical (unpaired) electrons. The first-order chi connectivity index (χ1) is 8.54. The molecule has 0 spiro atoms. The SMILES string of the molecule is Cc1nc(Cc2cccc(Cl)c2)sc1CC(=O)O. The van der Waals surface area contributed by atoms with Crippen LogP contribution in [0.3, 0.4) is 0 Å². The van der Waals surface area contributed by atoms with Crippen molar-refractivity contribution in [2.45, 2.75) is 19.8 Å². The van der Waals surface area contributed by atoms with E-state index < -0.39 is 5.97 Å². The van der Waals surface area contributed by atoms with Gasteiger partial charge in [0.25, 0.3) is 0 Å². The van der Waals surface area contributed by atoms with Crippen LogP contribution in [0.25, 0.3) is 0 Å². The van der Waals surface area contributed by atoms with E-state index >= 15 is 0 Å². The second-order valence-electron chi connectivity index (χ2n) is 3.99. The molecule has 0 aliphatic rings. The lowest BCUT2D eigenvalue weighted by atomic mass is 10.2.